The number of hydrogen-bond acceptors (Lipinski definition) is 4. The van der Waals surface area contributed by atoms with Crippen LogP contribution in [0.3, 0.4) is 0 Å². The summed E-state index contributed by atoms with van der Waals surface area (Å²) >= 11 is 0. The minimum atomic E-state index is -0.804. The van der Waals surface area contributed by atoms with Gasteiger partial charge in [-0.2, -0.15) is 5.26 Å². The van der Waals surface area contributed by atoms with Gasteiger partial charge in [-0.1, -0.05) is 12.1 Å². The molecule has 4 nitrogen and oxygen atoms in total. The summed E-state index contributed by atoms with van der Waals surface area (Å²) in [5, 5.41) is 18.6. The molecule has 0 saturated heterocycles. The summed E-state index contributed by atoms with van der Waals surface area (Å²) < 4.78 is 0. The van der Waals surface area contributed by atoms with E-state index in [4.69, 9.17) is 5.26 Å². The molecular formula is C12H9N3O. The molecule has 78 valence electrons. The molecule has 4 heteroatoms. The van der Waals surface area contributed by atoms with E-state index in [2.05, 4.69) is 9.97 Å². The second-order valence-electron chi connectivity index (χ2n) is 3.27. The molecule has 1 heterocycles. The molecule has 1 unspecified atom stereocenters. The van der Waals surface area contributed by atoms with Gasteiger partial charge in [-0.3, -0.25) is 9.97 Å². The van der Waals surface area contributed by atoms with E-state index in [0.29, 0.717) is 16.8 Å². The Labute approximate surface area is 92.8 Å². The zero-order valence-electron chi connectivity index (χ0n) is 8.41. The molecule has 0 radical (unpaired) electrons. The molecule has 1 atom stereocenters. The highest BCUT2D eigenvalue weighted by Crippen LogP contribution is 2.19. The van der Waals surface area contributed by atoms with Gasteiger partial charge in [0.05, 0.1) is 23.5 Å². The summed E-state index contributed by atoms with van der Waals surface area (Å²) in [5.74, 6) is 0. The molecule has 1 N–H and O–H groups in total. The van der Waals surface area contributed by atoms with Crippen molar-refractivity contribution in [1.82, 2.24) is 9.97 Å². The quantitative estimate of drug-likeness (QED) is 0.815. The number of aromatic nitrogens is 2. The third kappa shape index (κ3) is 2.05. The first-order valence-corrected chi connectivity index (χ1v) is 4.75. The average molecular weight is 211 g/mol. The highest BCUT2D eigenvalue weighted by Gasteiger charge is 2.11. The van der Waals surface area contributed by atoms with Crippen molar-refractivity contribution in [3.8, 4) is 6.07 Å². The van der Waals surface area contributed by atoms with Gasteiger partial charge in [0.2, 0.25) is 0 Å². The Bertz CT molecular complexity index is 502. The van der Waals surface area contributed by atoms with Crippen molar-refractivity contribution in [3.05, 3.63) is 59.7 Å². The lowest BCUT2D eigenvalue weighted by Crippen LogP contribution is -2.02. The van der Waals surface area contributed by atoms with Crippen molar-refractivity contribution in [2.24, 2.45) is 0 Å². The van der Waals surface area contributed by atoms with Crippen LogP contribution in [-0.2, 0) is 0 Å². The van der Waals surface area contributed by atoms with Crippen molar-refractivity contribution >= 4 is 0 Å². The van der Waals surface area contributed by atoms with E-state index in [-0.39, 0.29) is 0 Å². The molecular weight excluding hydrogens is 202 g/mol. The first-order valence-electron chi connectivity index (χ1n) is 4.75. The minimum Gasteiger partial charge on any atom is -0.382 e. The summed E-state index contributed by atoms with van der Waals surface area (Å²) in [6, 6.07) is 8.76. The van der Waals surface area contributed by atoms with Crippen molar-refractivity contribution in [2.75, 3.05) is 0 Å². The maximum atomic E-state index is 9.97. The Hall–Kier alpha value is -2.25. The molecule has 0 bridgehead atoms. The topological polar surface area (TPSA) is 69.8 Å². The monoisotopic (exact) mass is 211 g/mol. The van der Waals surface area contributed by atoms with Crippen molar-refractivity contribution in [1.29, 1.82) is 5.26 Å². The molecule has 0 aliphatic heterocycles. The standard InChI is InChI=1S/C12H9N3O/c13-7-9-1-3-10(4-2-9)12(16)11-8-14-5-6-15-11/h1-6,8,12,16H. The third-order valence-electron chi connectivity index (χ3n) is 2.22. The molecule has 0 saturated carbocycles. The van der Waals surface area contributed by atoms with Crippen LogP contribution in [0.5, 0.6) is 0 Å². The van der Waals surface area contributed by atoms with Crippen molar-refractivity contribution < 1.29 is 5.11 Å². The van der Waals surface area contributed by atoms with Crippen LogP contribution in [0.1, 0.15) is 22.9 Å². The normalized spacial score (nSPS) is 11.8. The van der Waals surface area contributed by atoms with E-state index < -0.39 is 6.10 Å². The highest BCUT2D eigenvalue weighted by atomic mass is 16.3. The summed E-state index contributed by atoms with van der Waals surface area (Å²) in [6.07, 6.45) is 3.79. The number of hydrogen-bond donors (Lipinski definition) is 1. The van der Waals surface area contributed by atoms with Crippen LogP contribution in [-0.4, -0.2) is 15.1 Å². The van der Waals surface area contributed by atoms with Crippen LogP contribution >= 0.6 is 0 Å². The lowest BCUT2D eigenvalue weighted by atomic mass is 10.1. The maximum absolute atomic E-state index is 9.97. The first-order chi connectivity index (χ1) is 7.81. The predicted octanol–water partition coefficient (Wildman–Crippen LogP) is 1.43. The Morgan fingerprint density at radius 2 is 1.94 bits per heavy atom. The van der Waals surface area contributed by atoms with Crippen LogP contribution in [0, 0.1) is 11.3 Å². The van der Waals surface area contributed by atoms with Gasteiger partial charge in [0, 0.05) is 12.4 Å². The molecule has 0 spiro atoms. The van der Waals surface area contributed by atoms with Crippen LogP contribution in [0.2, 0.25) is 0 Å². The average Bonchev–Trinajstić information content (AvgIpc) is 2.39. The van der Waals surface area contributed by atoms with Gasteiger partial charge in [0.15, 0.2) is 0 Å². The molecule has 1 aromatic heterocycles. The Morgan fingerprint density at radius 1 is 1.19 bits per heavy atom. The van der Waals surface area contributed by atoms with E-state index in [1.54, 1.807) is 30.5 Å². The van der Waals surface area contributed by atoms with E-state index in [1.807, 2.05) is 6.07 Å². The van der Waals surface area contributed by atoms with E-state index in [0.717, 1.165) is 0 Å². The first kappa shape index (κ1) is 10.3. The second kappa shape index (κ2) is 4.51. The minimum absolute atomic E-state index is 0.493. The summed E-state index contributed by atoms with van der Waals surface area (Å²) in [5.41, 5.74) is 1.75. The van der Waals surface area contributed by atoms with Crippen molar-refractivity contribution in [2.45, 2.75) is 6.10 Å². The number of nitrogens with zero attached hydrogens (tertiary/aromatic N) is 3. The lowest BCUT2D eigenvalue weighted by Gasteiger charge is -2.09. The second-order valence-corrected chi connectivity index (χ2v) is 3.27. The van der Waals surface area contributed by atoms with Gasteiger partial charge < -0.3 is 5.11 Å². The smallest absolute Gasteiger partial charge is 0.123 e. The number of aliphatic hydroxyl groups excluding tert-OH is 1. The highest BCUT2D eigenvalue weighted by molar-refractivity contribution is 5.34. The SMILES string of the molecule is N#Cc1ccc(C(O)c2cnccn2)cc1. The summed E-state index contributed by atoms with van der Waals surface area (Å²) in [6.45, 7) is 0. The van der Waals surface area contributed by atoms with E-state index in [9.17, 15) is 5.11 Å². The molecule has 0 aliphatic rings. The fourth-order valence-electron chi connectivity index (χ4n) is 1.36. The van der Waals surface area contributed by atoms with Crippen LogP contribution in [0.25, 0.3) is 0 Å². The van der Waals surface area contributed by atoms with Crippen LogP contribution < -0.4 is 0 Å². The number of aliphatic hydroxyl groups is 1. The molecule has 2 aromatic rings. The Kier molecular flexibility index (Phi) is 2.90. The maximum Gasteiger partial charge on any atom is 0.123 e. The Morgan fingerprint density at radius 3 is 2.50 bits per heavy atom. The fourth-order valence-corrected chi connectivity index (χ4v) is 1.36. The van der Waals surface area contributed by atoms with Crippen molar-refractivity contribution in [3.63, 3.8) is 0 Å². The van der Waals surface area contributed by atoms with Crippen LogP contribution in [0.4, 0.5) is 0 Å². The molecule has 0 amide bonds. The molecule has 1 aromatic carbocycles. The fraction of sp³-hybridized carbons (Fsp3) is 0.0833. The van der Waals surface area contributed by atoms with E-state index >= 15 is 0 Å². The molecule has 2 rings (SSSR count). The van der Waals surface area contributed by atoms with Gasteiger partial charge in [-0.25, -0.2) is 0 Å². The van der Waals surface area contributed by atoms with Gasteiger partial charge in [0.1, 0.15) is 6.10 Å². The zero-order valence-corrected chi connectivity index (χ0v) is 8.41. The molecule has 0 aliphatic carbocycles. The zero-order chi connectivity index (χ0) is 11.4. The molecule has 16 heavy (non-hydrogen) atoms. The predicted molar refractivity (Wildman–Crippen MR) is 57.3 cm³/mol. The third-order valence-corrected chi connectivity index (χ3v) is 2.22. The Balaban J connectivity index is 2.28. The lowest BCUT2D eigenvalue weighted by molar-refractivity contribution is 0.215. The van der Waals surface area contributed by atoms with Crippen LogP contribution in [0.15, 0.2) is 42.9 Å². The summed E-state index contributed by atoms with van der Waals surface area (Å²) in [7, 11) is 0. The largest absolute Gasteiger partial charge is 0.382 e. The summed E-state index contributed by atoms with van der Waals surface area (Å²) in [4.78, 5) is 7.91. The van der Waals surface area contributed by atoms with E-state index in [1.165, 1.54) is 12.4 Å². The number of rotatable bonds is 2. The molecule has 0 fully saturated rings. The number of nitriles is 1. The number of benzene rings is 1. The van der Waals surface area contributed by atoms with Gasteiger partial charge in [-0.05, 0) is 17.7 Å². The van der Waals surface area contributed by atoms with Gasteiger partial charge in [-0.15, -0.1) is 0 Å². The van der Waals surface area contributed by atoms with Gasteiger partial charge in [0.25, 0.3) is 0 Å². The van der Waals surface area contributed by atoms with Gasteiger partial charge >= 0.3 is 0 Å².